The molecule has 0 aliphatic heterocycles. The van der Waals surface area contributed by atoms with Gasteiger partial charge in [0, 0.05) is 24.5 Å². The van der Waals surface area contributed by atoms with Crippen LogP contribution in [-0.2, 0) is 16.1 Å². The lowest BCUT2D eigenvalue weighted by Gasteiger charge is -2.20. The number of aromatic nitrogens is 2. The minimum absolute atomic E-state index is 0.0541. The van der Waals surface area contributed by atoms with Gasteiger partial charge in [-0.15, -0.1) is 0 Å². The van der Waals surface area contributed by atoms with E-state index in [-0.39, 0.29) is 12.2 Å². The molecule has 0 spiro atoms. The van der Waals surface area contributed by atoms with Gasteiger partial charge >= 0.3 is 5.69 Å². The molecule has 8 heteroatoms. The van der Waals surface area contributed by atoms with Crippen molar-refractivity contribution in [2.45, 2.75) is 20.4 Å². The van der Waals surface area contributed by atoms with Gasteiger partial charge in [0.05, 0.1) is 0 Å². The van der Waals surface area contributed by atoms with Crippen molar-refractivity contribution in [3.63, 3.8) is 0 Å². The van der Waals surface area contributed by atoms with Gasteiger partial charge in [-0.2, -0.15) is 0 Å². The third kappa shape index (κ3) is 5.48. The highest BCUT2D eigenvalue weighted by Gasteiger charge is 2.19. The van der Waals surface area contributed by atoms with E-state index in [1.54, 1.807) is 25.3 Å². The van der Waals surface area contributed by atoms with Crippen LogP contribution in [0.3, 0.4) is 0 Å². The SMILES string of the molecule is Cc1ccc(N(C)C(=O)/C(=C\c2ccccc2)NC(=O)Cn2cc(C)c(=O)[nH]c2=O)cc1. The first-order chi connectivity index (χ1) is 15.2. The summed E-state index contributed by atoms with van der Waals surface area (Å²) in [5.41, 5.74) is 1.60. The second-order valence-electron chi connectivity index (χ2n) is 7.42. The molecule has 0 fully saturated rings. The Balaban J connectivity index is 1.88. The van der Waals surface area contributed by atoms with Gasteiger partial charge in [-0.05, 0) is 37.6 Å². The zero-order valence-electron chi connectivity index (χ0n) is 18.1. The van der Waals surface area contributed by atoms with Crippen molar-refractivity contribution in [1.82, 2.24) is 14.9 Å². The van der Waals surface area contributed by atoms with Crippen LogP contribution in [0.1, 0.15) is 16.7 Å². The maximum Gasteiger partial charge on any atom is 0.328 e. The number of hydrogen-bond donors (Lipinski definition) is 2. The van der Waals surface area contributed by atoms with E-state index in [2.05, 4.69) is 10.3 Å². The van der Waals surface area contributed by atoms with E-state index in [1.807, 2.05) is 49.4 Å². The molecular formula is C24H24N4O4. The predicted molar refractivity (Wildman–Crippen MR) is 123 cm³/mol. The van der Waals surface area contributed by atoms with E-state index >= 15 is 0 Å². The van der Waals surface area contributed by atoms with E-state index < -0.39 is 23.1 Å². The van der Waals surface area contributed by atoms with Crippen LogP contribution in [0, 0.1) is 13.8 Å². The summed E-state index contributed by atoms with van der Waals surface area (Å²) in [6, 6.07) is 16.5. The van der Waals surface area contributed by atoms with Gasteiger partial charge in [0.25, 0.3) is 11.5 Å². The summed E-state index contributed by atoms with van der Waals surface area (Å²) in [6.07, 6.45) is 2.88. The summed E-state index contributed by atoms with van der Waals surface area (Å²) >= 11 is 0. The Hall–Kier alpha value is -4.20. The van der Waals surface area contributed by atoms with Gasteiger partial charge in [0.15, 0.2) is 0 Å². The molecule has 0 atom stereocenters. The number of nitrogens with one attached hydrogen (secondary N) is 2. The smallest absolute Gasteiger partial charge is 0.320 e. The largest absolute Gasteiger partial charge is 0.328 e. The average Bonchev–Trinajstić information content (AvgIpc) is 2.77. The first kappa shape index (κ1) is 22.5. The van der Waals surface area contributed by atoms with Crippen LogP contribution in [0.5, 0.6) is 0 Å². The molecule has 2 aromatic carbocycles. The number of carbonyl (C=O) groups is 2. The molecule has 0 aliphatic carbocycles. The quantitative estimate of drug-likeness (QED) is 0.581. The molecule has 32 heavy (non-hydrogen) atoms. The molecule has 164 valence electrons. The van der Waals surface area contributed by atoms with Crippen molar-refractivity contribution in [1.29, 1.82) is 0 Å². The molecule has 3 rings (SSSR count). The van der Waals surface area contributed by atoms with Crippen molar-refractivity contribution >= 4 is 23.6 Å². The summed E-state index contributed by atoms with van der Waals surface area (Å²) in [6.45, 7) is 3.13. The van der Waals surface area contributed by atoms with Crippen LogP contribution >= 0.6 is 0 Å². The maximum absolute atomic E-state index is 13.2. The number of amides is 2. The summed E-state index contributed by atoms with van der Waals surface area (Å²) in [4.78, 5) is 53.0. The zero-order valence-corrected chi connectivity index (χ0v) is 18.1. The van der Waals surface area contributed by atoms with E-state index in [1.165, 1.54) is 18.0 Å². The van der Waals surface area contributed by atoms with Crippen molar-refractivity contribution < 1.29 is 9.59 Å². The summed E-state index contributed by atoms with van der Waals surface area (Å²) in [7, 11) is 1.62. The van der Waals surface area contributed by atoms with Gasteiger partial charge in [-0.25, -0.2) is 4.79 Å². The second kappa shape index (κ2) is 9.74. The lowest BCUT2D eigenvalue weighted by Crippen LogP contribution is -2.40. The van der Waals surface area contributed by atoms with E-state index in [0.29, 0.717) is 11.3 Å². The number of anilines is 1. The first-order valence-corrected chi connectivity index (χ1v) is 9.96. The fraction of sp³-hybridized carbons (Fsp3) is 0.167. The van der Waals surface area contributed by atoms with Crippen LogP contribution in [0.15, 0.2) is 76.1 Å². The van der Waals surface area contributed by atoms with Crippen molar-refractivity contribution in [2.24, 2.45) is 0 Å². The van der Waals surface area contributed by atoms with Gasteiger partial charge in [-0.3, -0.25) is 23.9 Å². The molecule has 3 aromatic rings. The van der Waals surface area contributed by atoms with Gasteiger partial charge in [-0.1, -0.05) is 48.0 Å². The van der Waals surface area contributed by atoms with Crippen LogP contribution in [-0.4, -0.2) is 28.4 Å². The normalized spacial score (nSPS) is 11.2. The Bertz CT molecular complexity index is 1270. The molecule has 0 saturated heterocycles. The van der Waals surface area contributed by atoms with Crippen LogP contribution in [0.2, 0.25) is 0 Å². The predicted octanol–water partition coefficient (Wildman–Crippen LogP) is 1.97. The number of likely N-dealkylation sites (N-methyl/N-ethyl adjacent to an activating group) is 1. The number of aromatic amines is 1. The van der Waals surface area contributed by atoms with Crippen LogP contribution in [0.25, 0.3) is 6.08 Å². The number of nitrogens with zero attached hydrogens (tertiary/aromatic N) is 2. The molecular weight excluding hydrogens is 408 g/mol. The minimum atomic E-state index is -0.701. The van der Waals surface area contributed by atoms with Gasteiger partial charge in [0.1, 0.15) is 12.2 Å². The van der Waals surface area contributed by atoms with E-state index in [4.69, 9.17) is 0 Å². The molecule has 0 unspecified atom stereocenters. The topological polar surface area (TPSA) is 104 Å². The number of carbonyl (C=O) groups excluding carboxylic acids is 2. The summed E-state index contributed by atoms with van der Waals surface area (Å²) in [5.74, 6) is -0.998. The van der Waals surface area contributed by atoms with Gasteiger partial charge < -0.3 is 10.2 Å². The molecule has 8 nitrogen and oxygen atoms in total. The first-order valence-electron chi connectivity index (χ1n) is 9.96. The average molecular weight is 432 g/mol. The Labute approximate surface area is 184 Å². The molecule has 1 heterocycles. The highest BCUT2D eigenvalue weighted by Crippen LogP contribution is 2.16. The number of H-pyrrole nitrogens is 1. The zero-order chi connectivity index (χ0) is 23.3. The molecule has 2 amide bonds. The molecule has 0 saturated carbocycles. The third-order valence-corrected chi connectivity index (χ3v) is 4.84. The highest BCUT2D eigenvalue weighted by molar-refractivity contribution is 6.09. The summed E-state index contributed by atoms with van der Waals surface area (Å²) in [5, 5.41) is 2.62. The third-order valence-electron chi connectivity index (χ3n) is 4.84. The molecule has 0 bridgehead atoms. The maximum atomic E-state index is 13.2. The number of hydrogen-bond acceptors (Lipinski definition) is 4. The van der Waals surface area contributed by atoms with Crippen molar-refractivity contribution in [3.8, 4) is 0 Å². The lowest BCUT2D eigenvalue weighted by molar-refractivity contribution is -0.123. The fourth-order valence-electron chi connectivity index (χ4n) is 3.01. The standard InChI is InChI=1S/C24H24N4O4/c1-16-9-11-19(12-10-16)27(3)23(31)20(13-18-7-5-4-6-8-18)25-21(29)15-28-14-17(2)22(30)26-24(28)32/h4-14H,15H2,1-3H3,(H,25,29)(H,26,30,32)/b20-13+. The highest BCUT2D eigenvalue weighted by atomic mass is 16.2. The molecule has 0 aliphatic rings. The van der Waals surface area contributed by atoms with Crippen molar-refractivity contribution in [3.05, 3.63) is 104 Å². The van der Waals surface area contributed by atoms with Crippen molar-refractivity contribution in [2.75, 3.05) is 11.9 Å². The number of rotatable bonds is 6. The second-order valence-corrected chi connectivity index (χ2v) is 7.42. The Kier molecular flexibility index (Phi) is 6.84. The number of benzene rings is 2. The molecule has 2 N–H and O–H groups in total. The fourth-order valence-corrected chi connectivity index (χ4v) is 3.01. The molecule has 0 radical (unpaired) electrons. The summed E-state index contributed by atoms with van der Waals surface area (Å²) < 4.78 is 1.08. The van der Waals surface area contributed by atoms with E-state index in [0.717, 1.165) is 15.7 Å². The Morgan fingerprint density at radius 1 is 1.03 bits per heavy atom. The lowest BCUT2D eigenvalue weighted by atomic mass is 10.1. The molecule has 1 aromatic heterocycles. The van der Waals surface area contributed by atoms with E-state index in [9.17, 15) is 19.2 Å². The van der Waals surface area contributed by atoms with Gasteiger partial charge in [0.2, 0.25) is 5.91 Å². The Morgan fingerprint density at radius 2 is 1.69 bits per heavy atom. The van der Waals surface area contributed by atoms with Crippen LogP contribution in [0.4, 0.5) is 5.69 Å². The Morgan fingerprint density at radius 3 is 2.34 bits per heavy atom. The monoisotopic (exact) mass is 432 g/mol. The van der Waals surface area contributed by atoms with Crippen LogP contribution < -0.4 is 21.5 Å². The minimum Gasteiger partial charge on any atom is -0.320 e. The number of aryl methyl sites for hydroxylation is 2.